The van der Waals surface area contributed by atoms with Crippen LogP contribution in [-0.2, 0) is 25.7 Å². The smallest absolute Gasteiger partial charge is 0.0680 e. The summed E-state index contributed by atoms with van der Waals surface area (Å²) in [5, 5.41) is 0. The molecule has 0 N–H and O–H groups in total. The summed E-state index contributed by atoms with van der Waals surface area (Å²) in [5.74, 6) is 0. The third-order valence-electron chi connectivity index (χ3n) is 8.56. The second-order valence-electron chi connectivity index (χ2n) is 10.4. The van der Waals surface area contributed by atoms with Crippen molar-refractivity contribution in [3.8, 4) is 22.3 Å². The first kappa shape index (κ1) is 18.2. The molecule has 0 unspecified atom stereocenters. The zero-order valence-electron chi connectivity index (χ0n) is 19.3. The van der Waals surface area contributed by atoms with E-state index in [0.29, 0.717) is 0 Å². The Morgan fingerprint density at radius 1 is 0.543 bits per heavy atom. The molecule has 0 saturated carbocycles. The fourth-order valence-corrected chi connectivity index (χ4v) is 7.14. The van der Waals surface area contributed by atoms with E-state index in [0.717, 1.165) is 25.7 Å². The van der Waals surface area contributed by atoms with Crippen LogP contribution in [0.3, 0.4) is 0 Å². The Morgan fingerprint density at radius 3 is 2.26 bits per heavy atom. The fraction of sp³-hybridized carbons (Fsp3) is 0.121. The van der Waals surface area contributed by atoms with Crippen LogP contribution in [0.2, 0.25) is 0 Å². The summed E-state index contributed by atoms with van der Waals surface area (Å²) in [6, 6.07) is 27.5. The minimum Gasteiger partial charge on any atom is -0.308 e. The highest BCUT2D eigenvalue weighted by Gasteiger charge is 2.36. The van der Waals surface area contributed by atoms with E-state index < -0.39 is 0 Å². The van der Waals surface area contributed by atoms with Gasteiger partial charge in [-0.3, -0.25) is 4.98 Å². The summed E-state index contributed by atoms with van der Waals surface area (Å²) in [6.07, 6.45) is 8.04. The van der Waals surface area contributed by atoms with E-state index in [1.807, 2.05) is 6.20 Å². The van der Waals surface area contributed by atoms with E-state index in [1.165, 1.54) is 83.8 Å². The van der Waals surface area contributed by atoms with Crippen molar-refractivity contribution >= 4 is 17.1 Å². The summed E-state index contributed by atoms with van der Waals surface area (Å²) >= 11 is 0. The normalized spacial score (nSPS) is 14.9. The number of hydrogen-bond donors (Lipinski definition) is 0. The van der Waals surface area contributed by atoms with Gasteiger partial charge in [0.25, 0.3) is 0 Å². The predicted molar refractivity (Wildman–Crippen MR) is 141 cm³/mol. The molecule has 4 aliphatic rings. The largest absolute Gasteiger partial charge is 0.308 e. The summed E-state index contributed by atoms with van der Waals surface area (Å²) in [5.41, 5.74) is 21.4. The van der Waals surface area contributed by atoms with Crippen LogP contribution >= 0.6 is 0 Å². The van der Waals surface area contributed by atoms with E-state index in [-0.39, 0.29) is 0 Å². The van der Waals surface area contributed by atoms with Gasteiger partial charge in [-0.05, 0) is 104 Å². The van der Waals surface area contributed by atoms with Gasteiger partial charge in [-0.15, -0.1) is 0 Å². The van der Waals surface area contributed by atoms with Crippen molar-refractivity contribution in [3.63, 3.8) is 0 Å². The molecule has 0 bridgehead atoms. The molecule has 2 aliphatic carbocycles. The van der Waals surface area contributed by atoms with Crippen molar-refractivity contribution in [2.75, 3.05) is 4.90 Å². The second kappa shape index (κ2) is 6.28. The first-order valence-electron chi connectivity index (χ1n) is 12.6. The number of anilines is 3. The van der Waals surface area contributed by atoms with Crippen LogP contribution in [0.1, 0.15) is 44.5 Å². The van der Waals surface area contributed by atoms with Gasteiger partial charge in [-0.25, -0.2) is 0 Å². The Labute approximate surface area is 204 Å². The van der Waals surface area contributed by atoms with Crippen molar-refractivity contribution in [2.24, 2.45) is 0 Å². The highest BCUT2D eigenvalue weighted by atomic mass is 15.2. The van der Waals surface area contributed by atoms with Gasteiger partial charge < -0.3 is 4.90 Å². The Bertz CT molecular complexity index is 1750. The molecule has 35 heavy (non-hydrogen) atoms. The predicted octanol–water partition coefficient (Wildman–Crippen LogP) is 7.50. The zero-order valence-corrected chi connectivity index (χ0v) is 19.3. The minimum atomic E-state index is 0.971. The summed E-state index contributed by atoms with van der Waals surface area (Å²) in [4.78, 5) is 7.02. The van der Waals surface area contributed by atoms with Crippen LogP contribution in [-0.4, -0.2) is 4.98 Å². The molecular weight excluding hydrogens is 424 g/mol. The van der Waals surface area contributed by atoms with Crippen LogP contribution in [0.25, 0.3) is 22.3 Å². The molecular formula is C33H22N2. The molecule has 0 saturated heterocycles. The average Bonchev–Trinajstić information content (AvgIpc) is 3.44. The van der Waals surface area contributed by atoms with Crippen molar-refractivity contribution in [1.29, 1.82) is 0 Å². The Kier molecular flexibility index (Phi) is 3.27. The molecule has 2 heteroatoms. The molecule has 2 aliphatic heterocycles. The highest BCUT2D eigenvalue weighted by molar-refractivity contribution is 5.96. The minimum absolute atomic E-state index is 0.971. The number of pyridine rings is 1. The van der Waals surface area contributed by atoms with Gasteiger partial charge in [0.2, 0.25) is 0 Å². The topological polar surface area (TPSA) is 16.1 Å². The number of benzene rings is 4. The molecule has 0 atom stereocenters. The molecule has 3 heterocycles. The number of aromatic nitrogens is 1. The van der Waals surface area contributed by atoms with E-state index in [2.05, 4.69) is 88.9 Å². The standard InChI is InChI=1S/C33H22N2/c1-3-7-26-19(5-1)11-22-17-28-23(16-27(22)26)13-24-14-25-12-20-6-2-4-8-30(20)35-31-18-34-10-9-21(31)15-29(32(24)28)33(25)35/h1-10,14,16-18H,11-13,15H2. The molecule has 9 rings (SSSR count). The Hall–Kier alpha value is -4.17. The lowest BCUT2D eigenvalue weighted by Crippen LogP contribution is -2.25. The van der Waals surface area contributed by atoms with Crippen molar-refractivity contribution in [2.45, 2.75) is 25.7 Å². The lowest BCUT2D eigenvalue weighted by Gasteiger charge is -2.40. The molecule has 0 radical (unpaired) electrons. The Balaban J connectivity index is 1.31. The maximum Gasteiger partial charge on any atom is 0.0680 e. The molecule has 164 valence electrons. The molecule has 2 nitrogen and oxygen atoms in total. The summed E-state index contributed by atoms with van der Waals surface area (Å²) in [7, 11) is 0. The van der Waals surface area contributed by atoms with Crippen molar-refractivity contribution in [1.82, 2.24) is 4.98 Å². The lowest BCUT2D eigenvalue weighted by molar-refractivity contribution is 0.998. The highest BCUT2D eigenvalue weighted by Crippen LogP contribution is 2.55. The van der Waals surface area contributed by atoms with Gasteiger partial charge in [0.15, 0.2) is 0 Å². The SMILES string of the molecule is c1ccc2c(c1)Cc1cc3c(cc1-2)Cc1cc2c4c(c1-3)Cc1ccncc1N4c1ccccc1C2. The molecule has 0 spiro atoms. The van der Waals surface area contributed by atoms with Crippen LogP contribution in [0, 0.1) is 0 Å². The van der Waals surface area contributed by atoms with Gasteiger partial charge in [0.1, 0.15) is 0 Å². The maximum absolute atomic E-state index is 4.52. The van der Waals surface area contributed by atoms with Gasteiger partial charge in [-0.1, -0.05) is 48.5 Å². The Morgan fingerprint density at radius 2 is 1.29 bits per heavy atom. The summed E-state index contributed by atoms with van der Waals surface area (Å²) in [6.45, 7) is 0. The van der Waals surface area contributed by atoms with Gasteiger partial charge in [0.05, 0.1) is 17.6 Å². The fourth-order valence-electron chi connectivity index (χ4n) is 7.14. The third-order valence-corrected chi connectivity index (χ3v) is 8.56. The van der Waals surface area contributed by atoms with E-state index in [9.17, 15) is 0 Å². The lowest BCUT2D eigenvalue weighted by atomic mass is 9.82. The molecule has 0 fully saturated rings. The van der Waals surface area contributed by atoms with Crippen LogP contribution in [0.15, 0.2) is 85.2 Å². The number of hydrogen-bond acceptors (Lipinski definition) is 2. The molecule has 5 aromatic rings. The van der Waals surface area contributed by atoms with Crippen molar-refractivity contribution < 1.29 is 0 Å². The summed E-state index contributed by atoms with van der Waals surface area (Å²) < 4.78 is 0. The second-order valence-corrected chi connectivity index (χ2v) is 10.4. The molecule has 4 aromatic carbocycles. The van der Waals surface area contributed by atoms with Crippen LogP contribution in [0.5, 0.6) is 0 Å². The third kappa shape index (κ3) is 2.27. The monoisotopic (exact) mass is 446 g/mol. The van der Waals surface area contributed by atoms with E-state index in [4.69, 9.17) is 0 Å². The first-order chi connectivity index (χ1) is 17.3. The number of para-hydroxylation sites is 1. The van der Waals surface area contributed by atoms with E-state index in [1.54, 1.807) is 0 Å². The maximum atomic E-state index is 4.52. The van der Waals surface area contributed by atoms with Gasteiger partial charge >= 0.3 is 0 Å². The zero-order chi connectivity index (χ0) is 22.7. The average molecular weight is 447 g/mol. The number of rotatable bonds is 0. The van der Waals surface area contributed by atoms with Crippen molar-refractivity contribution in [3.05, 3.63) is 130 Å². The molecule has 1 aromatic heterocycles. The van der Waals surface area contributed by atoms with Gasteiger partial charge in [0, 0.05) is 24.7 Å². The van der Waals surface area contributed by atoms with Crippen LogP contribution in [0.4, 0.5) is 17.1 Å². The quantitative estimate of drug-likeness (QED) is 0.240. The molecule has 0 amide bonds. The van der Waals surface area contributed by atoms with Gasteiger partial charge in [-0.2, -0.15) is 0 Å². The number of nitrogens with zero attached hydrogens (tertiary/aromatic N) is 2. The first-order valence-corrected chi connectivity index (χ1v) is 12.6. The van der Waals surface area contributed by atoms with E-state index >= 15 is 0 Å². The van der Waals surface area contributed by atoms with Crippen LogP contribution < -0.4 is 4.90 Å². The number of fused-ring (bicyclic) bond motifs is 11.